The van der Waals surface area contributed by atoms with E-state index in [1.54, 1.807) is 6.20 Å². The number of H-pyrrole nitrogens is 1. The molecule has 0 aromatic carbocycles. The predicted molar refractivity (Wildman–Crippen MR) is 89.3 cm³/mol. The summed E-state index contributed by atoms with van der Waals surface area (Å²) >= 11 is 1.52. The number of fused-ring (bicyclic) bond motifs is 1. The van der Waals surface area contributed by atoms with Gasteiger partial charge in [0.05, 0.1) is 35.2 Å². The summed E-state index contributed by atoms with van der Waals surface area (Å²) in [4.78, 5) is 21.3. The van der Waals surface area contributed by atoms with Crippen LogP contribution in [0.5, 0.6) is 0 Å². The summed E-state index contributed by atoms with van der Waals surface area (Å²) in [5.74, 6) is -0.234. The van der Waals surface area contributed by atoms with E-state index in [1.165, 1.54) is 11.3 Å². The SMILES string of the molecule is O=C(NCc1nc(-c2ccccn2)cs1)C1CCCc2n[nH]nc21. The van der Waals surface area contributed by atoms with Crippen molar-refractivity contribution in [1.29, 1.82) is 0 Å². The standard InChI is InChI=1S/C16H16N6OS/c23-16(10-4-3-6-12-15(10)21-22-20-12)18-8-14-19-13(9-24-14)11-5-1-2-7-17-11/h1-2,5,7,9-10H,3-4,6,8H2,(H,18,23)(H,20,21,22). The second-order valence-electron chi connectivity index (χ2n) is 5.66. The van der Waals surface area contributed by atoms with Gasteiger partial charge in [-0.3, -0.25) is 9.78 Å². The normalized spacial score (nSPS) is 16.6. The Balaban J connectivity index is 1.41. The number of rotatable bonds is 4. The van der Waals surface area contributed by atoms with Crippen LogP contribution in [0.15, 0.2) is 29.8 Å². The lowest BCUT2D eigenvalue weighted by Gasteiger charge is -2.19. The van der Waals surface area contributed by atoms with Crippen LogP contribution < -0.4 is 5.32 Å². The van der Waals surface area contributed by atoms with Gasteiger partial charge in [0.15, 0.2) is 0 Å². The van der Waals surface area contributed by atoms with Gasteiger partial charge in [-0.1, -0.05) is 6.07 Å². The maximum Gasteiger partial charge on any atom is 0.229 e. The molecular weight excluding hydrogens is 324 g/mol. The largest absolute Gasteiger partial charge is 0.349 e. The van der Waals surface area contributed by atoms with Crippen molar-refractivity contribution in [3.63, 3.8) is 0 Å². The van der Waals surface area contributed by atoms with Crippen LogP contribution in [0.4, 0.5) is 0 Å². The summed E-state index contributed by atoms with van der Waals surface area (Å²) in [6.45, 7) is 0.417. The van der Waals surface area contributed by atoms with Gasteiger partial charge in [-0.05, 0) is 31.4 Å². The molecule has 0 saturated carbocycles. The molecule has 1 atom stereocenters. The Morgan fingerprint density at radius 2 is 2.29 bits per heavy atom. The molecule has 2 N–H and O–H groups in total. The lowest BCUT2D eigenvalue weighted by molar-refractivity contribution is -0.123. The number of aryl methyl sites for hydroxylation is 1. The average Bonchev–Trinajstić information content (AvgIpc) is 3.29. The minimum Gasteiger partial charge on any atom is -0.349 e. The fraction of sp³-hybridized carbons (Fsp3) is 0.312. The van der Waals surface area contributed by atoms with Crippen molar-refractivity contribution >= 4 is 17.2 Å². The van der Waals surface area contributed by atoms with Crippen molar-refractivity contribution in [3.8, 4) is 11.4 Å². The molecule has 0 radical (unpaired) electrons. The highest BCUT2D eigenvalue weighted by Gasteiger charge is 2.29. The fourth-order valence-electron chi connectivity index (χ4n) is 2.90. The zero-order valence-corrected chi connectivity index (χ0v) is 13.7. The van der Waals surface area contributed by atoms with Gasteiger partial charge in [0.2, 0.25) is 5.91 Å². The molecule has 0 aliphatic heterocycles. The van der Waals surface area contributed by atoms with Crippen molar-refractivity contribution in [1.82, 2.24) is 30.7 Å². The van der Waals surface area contributed by atoms with Gasteiger partial charge in [-0.2, -0.15) is 15.4 Å². The van der Waals surface area contributed by atoms with E-state index in [1.807, 2.05) is 23.6 Å². The molecule has 1 unspecified atom stereocenters. The third-order valence-electron chi connectivity index (χ3n) is 4.10. The summed E-state index contributed by atoms with van der Waals surface area (Å²) < 4.78 is 0. The van der Waals surface area contributed by atoms with Crippen molar-refractivity contribution in [3.05, 3.63) is 46.2 Å². The highest BCUT2D eigenvalue weighted by atomic mass is 32.1. The van der Waals surface area contributed by atoms with E-state index in [-0.39, 0.29) is 11.8 Å². The van der Waals surface area contributed by atoms with Crippen LogP contribution in [-0.2, 0) is 17.8 Å². The number of hydrogen-bond acceptors (Lipinski definition) is 6. The predicted octanol–water partition coefficient (Wildman–Crippen LogP) is 2.06. The van der Waals surface area contributed by atoms with E-state index in [9.17, 15) is 4.79 Å². The zero-order chi connectivity index (χ0) is 16.4. The van der Waals surface area contributed by atoms with Gasteiger partial charge in [0.25, 0.3) is 0 Å². The molecule has 3 aromatic heterocycles. The van der Waals surface area contributed by atoms with Crippen molar-refractivity contribution in [2.45, 2.75) is 31.7 Å². The molecule has 122 valence electrons. The van der Waals surface area contributed by atoms with Crippen LogP contribution in [-0.4, -0.2) is 31.3 Å². The molecule has 1 aliphatic carbocycles. The number of pyridine rings is 1. The van der Waals surface area contributed by atoms with E-state index in [4.69, 9.17) is 0 Å². The van der Waals surface area contributed by atoms with Gasteiger partial charge in [0, 0.05) is 11.6 Å². The molecule has 1 aliphatic rings. The number of thiazole rings is 1. The zero-order valence-electron chi connectivity index (χ0n) is 12.9. The first-order valence-electron chi connectivity index (χ1n) is 7.84. The number of hydrogen-bond donors (Lipinski definition) is 2. The van der Waals surface area contributed by atoms with E-state index in [2.05, 4.69) is 30.7 Å². The molecule has 0 spiro atoms. The first kappa shape index (κ1) is 14.9. The number of carbonyl (C=O) groups is 1. The number of nitrogens with zero attached hydrogens (tertiary/aromatic N) is 4. The highest BCUT2D eigenvalue weighted by Crippen LogP contribution is 2.28. The Bertz CT molecular complexity index is 843. The molecule has 3 aromatic rings. The number of carbonyl (C=O) groups excluding carboxylic acids is 1. The number of nitrogens with one attached hydrogen (secondary N) is 2. The topological polar surface area (TPSA) is 96.5 Å². The quantitative estimate of drug-likeness (QED) is 0.758. The minimum atomic E-state index is -0.220. The van der Waals surface area contributed by atoms with Gasteiger partial charge in [0.1, 0.15) is 5.01 Å². The third kappa shape index (κ3) is 2.92. The second-order valence-corrected chi connectivity index (χ2v) is 6.60. The van der Waals surface area contributed by atoms with Crippen LogP contribution >= 0.6 is 11.3 Å². The Morgan fingerprint density at radius 3 is 3.17 bits per heavy atom. The Hall–Kier alpha value is -2.61. The smallest absolute Gasteiger partial charge is 0.229 e. The molecular formula is C16H16N6OS. The molecule has 0 fully saturated rings. The van der Waals surface area contributed by atoms with Crippen LogP contribution in [0.3, 0.4) is 0 Å². The van der Waals surface area contributed by atoms with E-state index in [0.29, 0.717) is 6.54 Å². The molecule has 0 bridgehead atoms. The van der Waals surface area contributed by atoms with Crippen LogP contribution in [0.1, 0.15) is 35.2 Å². The molecule has 4 rings (SSSR count). The van der Waals surface area contributed by atoms with Crippen LogP contribution in [0.2, 0.25) is 0 Å². The lowest BCUT2D eigenvalue weighted by atomic mass is 9.89. The summed E-state index contributed by atoms with van der Waals surface area (Å²) in [7, 11) is 0. The summed E-state index contributed by atoms with van der Waals surface area (Å²) in [5.41, 5.74) is 3.37. The highest BCUT2D eigenvalue weighted by molar-refractivity contribution is 7.09. The van der Waals surface area contributed by atoms with Gasteiger partial charge < -0.3 is 5.32 Å². The first-order valence-corrected chi connectivity index (χ1v) is 8.72. The van der Waals surface area contributed by atoms with Crippen molar-refractivity contribution in [2.75, 3.05) is 0 Å². The van der Waals surface area contributed by atoms with Crippen LogP contribution in [0.25, 0.3) is 11.4 Å². The van der Waals surface area contributed by atoms with Gasteiger partial charge >= 0.3 is 0 Å². The Kier molecular flexibility index (Phi) is 4.04. The van der Waals surface area contributed by atoms with E-state index < -0.39 is 0 Å². The number of aromatic nitrogens is 5. The maximum absolute atomic E-state index is 12.5. The molecule has 1 amide bonds. The summed E-state index contributed by atoms with van der Waals surface area (Å²) in [6.07, 6.45) is 4.39. The van der Waals surface area contributed by atoms with Crippen molar-refractivity contribution < 1.29 is 4.79 Å². The molecule has 8 heteroatoms. The molecule has 7 nitrogen and oxygen atoms in total. The minimum absolute atomic E-state index is 0.0144. The molecule has 0 saturated heterocycles. The maximum atomic E-state index is 12.5. The van der Waals surface area contributed by atoms with Gasteiger partial charge in [-0.25, -0.2) is 4.98 Å². The number of amides is 1. The summed E-state index contributed by atoms with van der Waals surface area (Å²) in [5, 5.41) is 16.7. The molecule has 24 heavy (non-hydrogen) atoms. The Morgan fingerprint density at radius 1 is 1.33 bits per heavy atom. The third-order valence-corrected chi connectivity index (χ3v) is 4.95. The monoisotopic (exact) mass is 340 g/mol. The van der Waals surface area contributed by atoms with E-state index in [0.717, 1.165) is 47.0 Å². The summed E-state index contributed by atoms with van der Waals surface area (Å²) in [6, 6.07) is 5.73. The molecule has 3 heterocycles. The van der Waals surface area contributed by atoms with Crippen LogP contribution in [0, 0.1) is 0 Å². The first-order chi connectivity index (χ1) is 11.8. The van der Waals surface area contributed by atoms with E-state index >= 15 is 0 Å². The fourth-order valence-corrected chi connectivity index (χ4v) is 3.63. The Labute approximate surface area is 142 Å². The number of aromatic amines is 1. The second kappa shape index (κ2) is 6.48. The van der Waals surface area contributed by atoms with Crippen molar-refractivity contribution in [2.24, 2.45) is 0 Å². The average molecular weight is 340 g/mol. The lowest BCUT2D eigenvalue weighted by Crippen LogP contribution is -2.31. The van der Waals surface area contributed by atoms with Gasteiger partial charge in [-0.15, -0.1) is 11.3 Å².